The third kappa shape index (κ3) is 4.79. The molecule has 1 saturated carbocycles. The molecule has 2 N–H and O–H groups in total. The third-order valence-electron chi connectivity index (χ3n) is 4.08. The zero-order valence-electron chi connectivity index (χ0n) is 12.8. The fraction of sp³-hybridized carbons (Fsp3) is 0.412. The molecule has 1 aromatic rings. The van der Waals surface area contributed by atoms with Gasteiger partial charge in [0.05, 0.1) is 5.02 Å². The summed E-state index contributed by atoms with van der Waals surface area (Å²) in [6.07, 6.45) is 4.33. The van der Waals surface area contributed by atoms with Crippen LogP contribution in [-0.2, 0) is 9.59 Å². The lowest BCUT2D eigenvalue weighted by Gasteiger charge is -2.27. The predicted molar refractivity (Wildman–Crippen MR) is 88.7 cm³/mol. The van der Waals surface area contributed by atoms with E-state index in [1.807, 2.05) is 0 Å². The highest BCUT2D eigenvalue weighted by atomic mass is 35.5. The van der Waals surface area contributed by atoms with Crippen molar-refractivity contribution in [2.45, 2.75) is 25.7 Å². The molecule has 2 rings (SSSR count). The minimum Gasteiger partial charge on any atom is -0.352 e. The molecule has 0 spiro atoms. The highest BCUT2D eigenvalue weighted by molar-refractivity contribution is 6.31. The summed E-state index contributed by atoms with van der Waals surface area (Å²) in [5, 5.41) is 5.52. The Hall–Kier alpha value is -1.88. The van der Waals surface area contributed by atoms with Crippen molar-refractivity contribution in [3.63, 3.8) is 0 Å². The molecule has 0 atom stereocenters. The van der Waals surface area contributed by atoms with Gasteiger partial charge in [-0.25, -0.2) is 4.39 Å². The molecule has 0 heterocycles. The van der Waals surface area contributed by atoms with Gasteiger partial charge in [-0.1, -0.05) is 17.7 Å². The van der Waals surface area contributed by atoms with Crippen LogP contribution in [0.25, 0.3) is 0 Å². The maximum Gasteiger partial charge on any atom is 0.227 e. The Bertz CT molecular complexity index is 598. The zero-order valence-corrected chi connectivity index (χ0v) is 13.5. The lowest BCUT2D eigenvalue weighted by atomic mass is 9.81. The molecule has 2 amide bonds. The van der Waals surface area contributed by atoms with E-state index in [0.29, 0.717) is 37.9 Å². The van der Waals surface area contributed by atoms with Gasteiger partial charge in [0.2, 0.25) is 11.8 Å². The Morgan fingerprint density at radius 3 is 2.39 bits per heavy atom. The summed E-state index contributed by atoms with van der Waals surface area (Å²) in [4.78, 5) is 24.1. The molecule has 0 saturated heterocycles. The third-order valence-corrected chi connectivity index (χ3v) is 4.37. The van der Waals surface area contributed by atoms with E-state index >= 15 is 0 Å². The van der Waals surface area contributed by atoms with Crippen LogP contribution in [0.15, 0.2) is 30.9 Å². The average Bonchev–Trinajstić information content (AvgIpc) is 2.56. The van der Waals surface area contributed by atoms with Crippen LogP contribution < -0.4 is 10.6 Å². The van der Waals surface area contributed by atoms with Gasteiger partial charge in [0, 0.05) is 24.1 Å². The smallest absolute Gasteiger partial charge is 0.227 e. The molecule has 1 fully saturated rings. The minimum absolute atomic E-state index is 0.0223. The van der Waals surface area contributed by atoms with E-state index < -0.39 is 5.82 Å². The first-order valence-electron chi connectivity index (χ1n) is 7.65. The summed E-state index contributed by atoms with van der Waals surface area (Å²) in [7, 11) is 0. The second kappa shape index (κ2) is 8.11. The monoisotopic (exact) mass is 338 g/mol. The first kappa shape index (κ1) is 17.5. The molecule has 0 aromatic heterocycles. The summed E-state index contributed by atoms with van der Waals surface area (Å²) in [6, 6.07) is 4.09. The van der Waals surface area contributed by atoms with E-state index in [2.05, 4.69) is 17.2 Å². The van der Waals surface area contributed by atoms with Crippen LogP contribution in [0.1, 0.15) is 25.7 Å². The second-order valence-electron chi connectivity index (χ2n) is 5.70. The van der Waals surface area contributed by atoms with Crippen molar-refractivity contribution in [2.24, 2.45) is 11.8 Å². The molecule has 0 bridgehead atoms. The van der Waals surface area contributed by atoms with Crippen LogP contribution in [0.3, 0.4) is 0 Å². The molecule has 4 nitrogen and oxygen atoms in total. The molecular formula is C17H20ClFN2O2. The Balaban J connectivity index is 1.84. The van der Waals surface area contributed by atoms with Gasteiger partial charge in [0.25, 0.3) is 0 Å². The SMILES string of the molecule is C=CCNC(=O)C1CCC(C(=O)Nc2ccc(F)c(Cl)c2)CC1. The van der Waals surface area contributed by atoms with Crippen LogP contribution in [0.4, 0.5) is 10.1 Å². The van der Waals surface area contributed by atoms with E-state index in [1.165, 1.54) is 18.2 Å². The summed E-state index contributed by atoms with van der Waals surface area (Å²) >= 11 is 5.70. The Labute approximate surface area is 140 Å². The number of carbonyl (C=O) groups excluding carboxylic acids is 2. The fourth-order valence-electron chi connectivity index (χ4n) is 2.75. The number of amides is 2. The van der Waals surface area contributed by atoms with Crippen LogP contribution in [0.5, 0.6) is 0 Å². The van der Waals surface area contributed by atoms with Crippen molar-refractivity contribution in [3.8, 4) is 0 Å². The van der Waals surface area contributed by atoms with E-state index in [0.717, 1.165) is 0 Å². The van der Waals surface area contributed by atoms with Gasteiger partial charge in [0.1, 0.15) is 5.82 Å². The number of nitrogens with one attached hydrogen (secondary N) is 2. The van der Waals surface area contributed by atoms with Crippen molar-refractivity contribution < 1.29 is 14.0 Å². The Morgan fingerprint density at radius 1 is 1.22 bits per heavy atom. The zero-order chi connectivity index (χ0) is 16.8. The van der Waals surface area contributed by atoms with Crippen LogP contribution >= 0.6 is 11.6 Å². The number of hydrogen-bond donors (Lipinski definition) is 2. The normalized spacial score (nSPS) is 20.6. The first-order valence-corrected chi connectivity index (χ1v) is 8.03. The number of carbonyl (C=O) groups is 2. The summed E-state index contributed by atoms with van der Waals surface area (Å²) in [5.41, 5.74) is 0.479. The van der Waals surface area contributed by atoms with Gasteiger partial charge in [-0.05, 0) is 43.9 Å². The molecule has 1 aromatic carbocycles. The van der Waals surface area contributed by atoms with Gasteiger partial charge in [0.15, 0.2) is 0 Å². The standard InChI is InChI=1S/C17H20ClFN2O2/c1-2-9-20-16(22)11-3-5-12(6-4-11)17(23)21-13-7-8-15(19)14(18)10-13/h2,7-8,10-12H,1,3-6,9H2,(H,20,22)(H,21,23). The van der Waals surface area contributed by atoms with E-state index in [-0.39, 0.29) is 28.7 Å². The van der Waals surface area contributed by atoms with Crippen molar-refractivity contribution in [3.05, 3.63) is 41.7 Å². The topological polar surface area (TPSA) is 58.2 Å². The molecule has 6 heteroatoms. The lowest BCUT2D eigenvalue weighted by molar-refractivity contribution is -0.128. The van der Waals surface area contributed by atoms with Crippen molar-refractivity contribution in [2.75, 3.05) is 11.9 Å². The van der Waals surface area contributed by atoms with Crippen molar-refractivity contribution in [1.82, 2.24) is 5.32 Å². The van der Waals surface area contributed by atoms with E-state index in [1.54, 1.807) is 6.08 Å². The maximum absolute atomic E-state index is 13.1. The van der Waals surface area contributed by atoms with E-state index in [4.69, 9.17) is 11.6 Å². The fourth-order valence-corrected chi connectivity index (χ4v) is 2.93. The molecule has 0 unspecified atom stereocenters. The van der Waals surface area contributed by atoms with E-state index in [9.17, 15) is 14.0 Å². The molecular weight excluding hydrogens is 319 g/mol. The molecule has 23 heavy (non-hydrogen) atoms. The number of rotatable bonds is 5. The number of hydrogen-bond acceptors (Lipinski definition) is 2. The van der Waals surface area contributed by atoms with Crippen molar-refractivity contribution >= 4 is 29.1 Å². The van der Waals surface area contributed by atoms with Crippen LogP contribution in [0.2, 0.25) is 5.02 Å². The van der Waals surface area contributed by atoms with Gasteiger partial charge in [-0.15, -0.1) is 6.58 Å². The molecule has 124 valence electrons. The van der Waals surface area contributed by atoms with Gasteiger partial charge < -0.3 is 10.6 Å². The predicted octanol–water partition coefficient (Wildman–Crippen LogP) is 3.53. The molecule has 1 aliphatic rings. The Kier molecular flexibility index (Phi) is 6.16. The lowest BCUT2D eigenvalue weighted by Crippen LogP contribution is -2.35. The number of anilines is 1. The number of benzene rings is 1. The summed E-state index contributed by atoms with van der Waals surface area (Å²) in [6.45, 7) is 4.03. The van der Waals surface area contributed by atoms with Gasteiger partial charge in [-0.3, -0.25) is 9.59 Å². The average molecular weight is 339 g/mol. The van der Waals surface area contributed by atoms with Crippen LogP contribution in [-0.4, -0.2) is 18.4 Å². The second-order valence-corrected chi connectivity index (χ2v) is 6.11. The quantitative estimate of drug-likeness (QED) is 0.807. The van der Waals surface area contributed by atoms with Gasteiger partial charge >= 0.3 is 0 Å². The molecule has 0 aliphatic heterocycles. The minimum atomic E-state index is -0.518. The largest absolute Gasteiger partial charge is 0.352 e. The van der Waals surface area contributed by atoms with Crippen LogP contribution in [0, 0.1) is 17.7 Å². The molecule has 0 radical (unpaired) electrons. The highest BCUT2D eigenvalue weighted by Crippen LogP contribution is 2.30. The van der Waals surface area contributed by atoms with Gasteiger partial charge in [-0.2, -0.15) is 0 Å². The number of halogens is 2. The first-order chi connectivity index (χ1) is 11.0. The maximum atomic E-state index is 13.1. The molecule has 1 aliphatic carbocycles. The Morgan fingerprint density at radius 2 is 1.83 bits per heavy atom. The summed E-state index contributed by atoms with van der Waals surface area (Å²) < 4.78 is 13.1. The highest BCUT2D eigenvalue weighted by Gasteiger charge is 2.29. The summed E-state index contributed by atoms with van der Waals surface area (Å²) in [5.74, 6) is -0.788. The van der Waals surface area contributed by atoms with Crippen molar-refractivity contribution in [1.29, 1.82) is 0 Å².